The third-order valence-electron chi connectivity index (χ3n) is 4.37. The minimum Gasteiger partial charge on any atom is -0.375 e. The molecular formula is C16H20FNO2. The van der Waals surface area contributed by atoms with Gasteiger partial charge in [-0.2, -0.15) is 0 Å². The fourth-order valence-electron chi connectivity index (χ4n) is 3.33. The molecule has 0 amide bonds. The van der Waals surface area contributed by atoms with Crippen molar-refractivity contribution in [3.8, 4) is 0 Å². The van der Waals surface area contributed by atoms with Gasteiger partial charge in [-0.05, 0) is 25.0 Å². The Kier molecular flexibility index (Phi) is 4.13. The van der Waals surface area contributed by atoms with Crippen molar-refractivity contribution in [1.82, 2.24) is 4.90 Å². The van der Waals surface area contributed by atoms with E-state index in [-0.39, 0.29) is 17.5 Å². The van der Waals surface area contributed by atoms with Crippen LogP contribution in [0.1, 0.15) is 36.0 Å². The van der Waals surface area contributed by atoms with Crippen molar-refractivity contribution in [3.63, 3.8) is 0 Å². The molecule has 108 valence electrons. The lowest BCUT2D eigenvalue weighted by Crippen LogP contribution is -2.54. The first-order valence-electron chi connectivity index (χ1n) is 7.39. The second kappa shape index (κ2) is 6.02. The van der Waals surface area contributed by atoms with E-state index in [1.165, 1.54) is 18.9 Å². The smallest absolute Gasteiger partial charge is 0.179 e. The number of fused-ring (bicyclic) bond motifs is 1. The lowest BCUT2D eigenvalue weighted by molar-refractivity contribution is -0.0846. The summed E-state index contributed by atoms with van der Waals surface area (Å²) < 4.78 is 19.5. The minimum atomic E-state index is -0.425. The van der Waals surface area contributed by atoms with Crippen molar-refractivity contribution in [2.75, 3.05) is 19.7 Å². The average Bonchev–Trinajstić information content (AvgIpc) is 2.48. The van der Waals surface area contributed by atoms with Gasteiger partial charge in [0.05, 0.1) is 24.8 Å². The number of hydrogen-bond donors (Lipinski definition) is 0. The summed E-state index contributed by atoms with van der Waals surface area (Å²) in [6.07, 6.45) is 4.81. The van der Waals surface area contributed by atoms with Crippen LogP contribution in [-0.4, -0.2) is 42.5 Å². The van der Waals surface area contributed by atoms with E-state index in [2.05, 4.69) is 4.90 Å². The van der Waals surface area contributed by atoms with Gasteiger partial charge in [-0.3, -0.25) is 9.69 Å². The van der Waals surface area contributed by atoms with Crippen LogP contribution < -0.4 is 0 Å². The predicted octanol–water partition coefficient (Wildman–Crippen LogP) is 2.65. The molecule has 2 fully saturated rings. The van der Waals surface area contributed by atoms with Gasteiger partial charge >= 0.3 is 0 Å². The Bertz CT molecular complexity index is 489. The molecule has 1 aliphatic carbocycles. The number of Topliss-reactive ketones (excluding diaryl/α,β-unsaturated/α-hetero) is 1. The van der Waals surface area contributed by atoms with E-state index in [9.17, 15) is 9.18 Å². The molecule has 1 saturated carbocycles. The van der Waals surface area contributed by atoms with Gasteiger partial charge in [0.15, 0.2) is 5.78 Å². The van der Waals surface area contributed by atoms with Crippen LogP contribution in [0.4, 0.5) is 4.39 Å². The largest absolute Gasteiger partial charge is 0.375 e. The fourth-order valence-corrected chi connectivity index (χ4v) is 3.33. The van der Waals surface area contributed by atoms with Crippen LogP contribution in [0, 0.1) is 5.82 Å². The van der Waals surface area contributed by atoms with Crippen molar-refractivity contribution in [1.29, 1.82) is 0 Å². The van der Waals surface area contributed by atoms with Gasteiger partial charge in [-0.1, -0.05) is 25.0 Å². The maximum Gasteiger partial charge on any atom is 0.179 e. The van der Waals surface area contributed by atoms with E-state index in [0.717, 1.165) is 19.4 Å². The average molecular weight is 277 g/mol. The van der Waals surface area contributed by atoms with Crippen LogP contribution in [0.2, 0.25) is 0 Å². The number of morpholine rings is 1. The van der Waals surface area contributed by atoms with Gasteiger partial charge in [-0.25, -0.2) is 4.39 Å². The molecule has 4 heteroatoms. The van der Waals surface area contributed by atoms with Crippen LogP contribution >= 0.6 is 0 Å². The molecule has 0 N–H and O–H groups in total. The van der Waals surface area contributed by atoms with Crippen molar-refractivity contribution in [2.45, 2.75) is 37.8 Å². The molecule has 3 rings (SSSR count). The zero-order valence-electron chi connectivity index (χ0n) is 11.6. The van der Waals surface area contributed by atoms with Crippen LogP contribution in [0.25, 0.3) is 0 Å². The van der Waals surface area contributed by atoms with Gasteiger partial charge in [-0.15, -0.1) is 0 Å². The molecule has 1 aliphatic heterocycles. The Hall–Kier alpha value is -1.26. The molecule has 1 aromatic carbocycles. The molecule has 0 bridgehead atoms. The van der Waals surface area contributed by atoms with Gasteiger partial charge in [0.1, 0.15) is 5.82 Å². The molecule has 2 unspecified atom stereocenters. The van der Waals surface area contributed by atoms with E-state index in [1.807, 2.05) is 0 Å². The standard InChI is InChI=1S/C16H20FNO2/c17-13-6-2-1-5-12(13)15(19)11-18-9-10-20-16-8-4-3-7-14(16)18/h1-2,5-6,14,16H,3-4,7-11H2. The third-order valence-corrected chi connectivity index (χ3v) is 4.37. The first kappa shape index (κ1) is 13.7. The third kappa shape index (κ3) is 2.76. The highest BCUT2D eigenvalue weighted by Crippen LogP contribution is 2.28. The number of ketones is 1. The molecule has 1 saturated heterocycles. The molecular weight excluding hydrogens is 257 g/mol. The minimum absolute atomic E-state index is 0.130. The highest BCUT2D eigenvalue weighted by molar-refractivity contribution is 5.97. The van der Waals surface area contributed by atoms with Crippen LogP contribution in [0.3, 0.4) is 0 Å². The lowest BCUT2D eigenvalue weighted by atomic mass is 9.90. The van der Waals surface area contributed by atoms with E-state index in [0.29, 0.717) is 19.2 Å². The molecule has 3 nitrogen and oxygen atoms in total. The highest BCUT2D eigenvalue weighted by atomic mass is 19.1. The van der Waals surface area contributed by atoms with E-state index >= 15 is 0 Å². The summed E-state index contributed by atoms with van der Waals surface area (Å²) in [4.78, 5) is 14.5. The molecule has 2 aliphatic rings. The number of benzene rings is 1. The van der Waals surface area contributed by atoms with Crippen molar-refractivity contribution < 1.29 is 13.9 Å². The zero-order valence-corrected chi connectivity index (χ0v) is 11.6. The number of nitrogens with zero attached hydrogens (tertiary/aromatic N) is 1. The molecule has 1 aromatic rings. The Balaban J connectivity index is 1.70. The number of halogens is 1. The number of ether oxygens (including phenoxy) is 1. The monoisotopic (exact) mass is 277 g/mol. The molecule has 0 spiro atoms. The highest BCUT2D eigenvalue weighted by Gasteiger charge is 2.35. The second-order valence-corrected chi connectivity index (χ2v) is 5.63. The maximum atomic E-state index is 13.7. The Morgan fingerprint density at radius 2 is 2.10 bits per heavy atom. The van der Waals surface area contributed by atoms with Crippen molar-refractivity contribution in [3.05, 3.63) is 35.6 Å². The Morgan fingerprint density at radius 1 is 1.30 bits per heavy atom. The summed E-state index contributed by atoms with van der Waals surface area (Å²) >= 11 is 0. The van der Waals surface area contributed by atoms with E-state index < -0.39 is 5.82 Å². The normalized spacial score (nSPS) is 27.1. The molecule has 0 radical (unpaired) electrons. The predicted molar refractivity (Wildman–Crippen MR) is 74.3 cm³/mol. The molecule has 2 atom stereocenters. The summed E-state index contributed by atoms with van der Waals surface area (Å²) in [5, 5.41) is 0. The Morgan fingerprint density at radius 3 is 2.95 bits per heavy atom. The lowest BCUT2D eigenvalue weighted by Gasteiger charge is -2.43. The summed E-state index contributed by atoms with van der Waals surface area (Å²) in [6.45, 7) is 1.73. The molecule has 20 heavy (non-hydrogen) atoms. The van der Waals surface area contributed by atoms with Gasteiger partial charge in [0.25, 0.3) is 0 Å². The number of rotatable bonds is 3. The summed E-state index contributed by atoms with van der Waals surface area (Å²) in [5.74, 6) is -0.555. The quantitative estimate of drug-likeness (QED) is 0.796. The van der Waals surface area contributed by atoms with Gasteiger partial charge in [0, 0.05) is 12.6 Å². The zero-order chi connectivity index (χ0) is 13.9. The van der Waals surface area contributed by atoms with Crippen molar-refractivity contribution >= 4 is 5.78 Å². The van der Waals surface area contributed by atoms with Crippen LogP contribution in [0.5, 0.6) is 0 Å². The first-order valence-corrected chi connectivity index (χ1v) is 7.39. The second-order valence-electron chi connectivity index (χ2n) is 5.63. The fraction of sp³-hybridized carbons (Fsp3) is 0.562. The summed E-state index contributed by atoms with van der Waals surface area (Å²) in [6, 6.07) is 6.55. The first-order chi connectivity index (χ1) is 9.75. The topological polar surface area (TPSA) is 29.5 Å². The summed E-state index contributed by atoms with van der Waals surface area (Å²) in [5.41, 5.74) is 0.200. The van der Waals surface area contributed by atoms with E-state index in [1.54, 1.807) is 18.2 Å². The van der Waals surface area contributed by atoms with E-state index in [4.69, 9.17) is 4.74 Å². The van der Waals surface area contributed by atoms with Crippen LogP contribution in [-0.2, 0) is 4.74 Å². The number of carbonyl (C=O) groups is 1. The SMILES string of the molecule is O=C(CN1CCOC2CCCCC21)c1ccccc1F. The molecule has 0 aromatic heterocycles. The Labute approximate surface area is 118 Å². The van der Waals surface area contributed by atoms with Crippen molar-refractivity contribution in [2.24, 2.45) is 0 Å². The molecule has 1 heterocycles. The van der Waals surface area contributed by atoms with Gasteiger partial charge < -0.3 is 4.74 Å². The summed E-state index contributed by atoms with van der Waals surface area (Å²) in [7, 11) is 0. The number of hydrogen-bond acceptors (Lipinski definition) is 3. The van der Waals surface area contributed by atoms with Gasteiger partial charge in [0.2, 0.25) is 0 Å². The maximum absolute atomic E-state index is 13.7. The van der Waals surface area contributed by atoms with Crippen LogP contribution in [0.15, 0.2) is 24.3 Å². The number of carbonyl (C=O) groups excluding carboxylic acids is 1.